The molecule has 2 aromatic carbocycles. The van der Waals surface area contributed by atoms with Crippen molar-refractivity contribution in [1.29, 1.82) is 0 Å². The van der Waals surface area contributed by atoms with Crippen molar-refractivity contribution in [2.75, 3.05) is 5.32 Å². The normalized spacial score (nSPS) is 10.2. The molecule has 0 fully saturated rings. The van der Waals surface area contributed by atoms with Gasteiger partial charge in [0.15, 0.2) is 0 Å². The second kappa shape index (κ2) is 5.52. The van der Waals surface area contributed by atoms with Crippen molar-refractivity contribution in [3.8, 4) is 0 Å². The fourth-order valence-corrected chi connectivity index (χ4v) is 1.80. The summed E-state index contributed by atoms with van der Waals surface area (Å²) in [6, 6.07) is 12.1. The van der Waals surface area contributed by atoms with Crippen LogP contribution >= 0.6 is 0 Å². The molecule has 0 spiro atoms. The Bertz CT molecular complexity index is 594. The van der Waals surface area contributed by atoms with Gasteiger partial charge in [0.1, 0.15) is 5.82 Å². The quantitative estimate of drug-likeness (QED) is 0.883. The van der Waals surface area contributed by atoms with Crippen LogP contribution in [-0.2, 0) is 11.2 Å². The van der Waals surface area contributed by atoms with Crippen LogP contribution in [-0.4, -0.2) is 11.1 Å². The Labute approximate surface area is 110 Å². The van der Waals surface area contributed by atoms with Gasteiger partial charge in [0.2, 0.25) is 0 Å². The largest absolute Gasteiger partial charge is 0.481 e. The minimum Gasteiger partial charge on any atom is -0.481 e. The SMILES string of the molecule is Cc1ccc(Nc2cccc(F)c2CC(=O)O)cc1. The van der Waals surface area contributed by atoms with Gasteiger partial charge in [0.05, 0.1) is 6.42 Å². The predicted molar refractivity (Wildman–Crippen MR) is 72.2 cm³/mol. The van der Waals surface area contributed by atoms with Crippen LogP contribution in [0, 0.1) is 12.7 Å². The van der Waals surface area contributed by atoms with E-state index in [0.717, 1.165) is 11.3 Å². The van der Waals surface area contributed by atoms with Gasteiger partial charge in [-0.3, -0.25) is 4.79 Å². The highest BCUT2D eigenvalue weighted by Crippen LogP contribution is 2.24. The van der Waals surface area contributed by atoms with Gasteiger partial charge in [-0.05, 0) is 31.2 Å². The predicted octanol–water partition coefficient (Wildman–Crippen LogP) is 3.50. The second-order valence-corrected chi connectivity index (χ2v) is 4.33. The average molecular weight is 259 g/mol. The summed E-state index contributed by atoms with van der Waals surface area (Å²) in [5.41, 5.74) is 2.56. The van der Waals surface area contributed by atoms with Crippen LogP contribution in [0.5, 0.6) is 0 Å². The van der Waals surface area contributed by atoms with Crippen molar-refractivity contribution in [2.24, 2.45) is 0 Å². The number of carboxylic acid groups (broad SMARTS) is 1. The summed E-state index contributed by atoms with van der Waals surface area (Å²) in [6.07, 6.45) is -0.346. The molecule has 0 atom stereocenters. The number of carbonyl (C=O) groups is 1. The Balaban J connectivity index is 2.31. The van der Waals surface area contributed by atoms with Gasteiger partial charge in [0.25, 0.3) is 0 Å². The first-order valence-corrected chi connectivity index (χ1v) is 5.89. The average Bonchev–Trinajstić information content (AvgIpc) is 2.36. The summed E-state index contributed by atoms with van der Waals surface area (Å²) in [7, 11) is 0. The number of anilines is 2. The molecule has 0 unspecified atom stereocenters. The van der Waals surface area contributed by atoms with Crippen LogP contribution in [0.4, 0.5) is 15.8 Å². The van der Waals surface area contributed by atoms with E-state index in [-0.39, 0.29) is 12.0 Å². The third-order valence-corrected chi connectivity index (χ3v) is 2.78. The Morgan fingerprint density at radius 3 is 2.53 bits per heavy atom. The van der Waals surface area contributed by atoms with Crippen molar-refractivity contribution in [3.63, 3.8) is 0 Å². The number of benzene rings is 2. The van der Waals surface area contributed by atoms with Crippen LogP contribution < -0.4 is 5.32 Å². The number of hydrogen-bond acceptors (Lipinski definition) is 2. The van der Waals surface area contributed by atoms with Crippen LogP contribution in [0.3, 0.4) is 0 Å². The minimum absolute atomic E-state index is 0.163. The lowest BCUT2D eigenvalue weighted by atomic mass is 10.1. The summed E-state index contributed by atoms with van der Waals surface area (Å²) in [5, 5.41) is 11.9. The summed E-state index contributed by atoms with van der Waals surface area (Å²) >= 11 is 0. The maximum Gasteiger partial charge on any atom is 0.308 e. The van der Waals surface area contributed by atoms with E-state index >= 15 is 0 Å². The fraction of sp³-hybridized carbons (Fsp3) is 0.133. The molecule has 0 saturated carbocycles. The smallest absolute Gasteiger partial charge is 0.308 e. The number of hydrogen-bond donors (Lipinski definition) is 2. The van der Waals surface area contributed by atoms with Crippen molar-refractivity contribution >= 4 is 17.3 Å². The zero-order valence-electron chi connectivity index (χ0n) is 10.5. The van der Waals surface area contributed by atoms with Gasteiger partial charge in [-0.1, -0.05) is 23.8 Å². The van der Waals surface area contributed by atoms with Gasteiger partial charge < -0.3 is 10.4 Å². The van der Waals surface area contributed by atoms with E-state index in [0.29, 0.717) is 5.69 Å². The number of aryl methyl sites for hydroxylation is 1. The molecule has 0 aromatic heterocycles. The lowest BCUT2D eigenvalue weighted by Gasteiger charge is -2.12. The van der Waals surface area contributed by atoms with Crippen LogP contribution in [0.25, 0.3) is 0 Å². The number of carboxylic acids is 1. The first-order valence-electron chi connectivity index (χ1n) is 5.89. The number of nitrogens with one attached hydrogen (secondary N) is 1. The highest BCUT2D eigenvalue weighted by atomic mass is 19.1. The molecule has 0 aliphatic carbocycles. The molecule has 2 N–H and O–H groups in total. The summed E-state index contributed by atoms with van der Waals surface area (Å²) in [4.78, 5) is 10.8. The maximum atomic E-state index is 13.7. The third-order valence-electron chi connectivity index (χ3n) is 2.78. The molecule has 19 heavy (non-hydrogen) atoms. The zero-order valence-corrected chi connectivity index (χ0v) is 10.5. The number of rotatable bonds is 4. The van der Waals surface area contributed by atoms with Crippen LogP contribution in [0.1, 0.15) is 11.1 Å². The number of aliphatic carboxylic acids is 1. The van der Waals surface area contributed by atoms with Gasteiger partial charge in [-0.15, -0.1) is 0 Å². The molecule has 0 amide bonds. The topological polar surface area (TPSA) is 49.3 Å². The van der Waals surface area contributed by atoms with Gasteiger partial charge >= 0.3 is 5.97 Å². The van der Waals surface area contributed by atoms with E-state index in [1.807, 2.05) is 31.2 Å². The Morgan fingerprint density at radius 2 is 1.89 bits per heavy atom. The van der Waals surface area contributed by atoms with Crippen molar-refractivity contribution in [3.05, 3.63) is 59.4 Å². The lowest BCUT2D eigenvalue weighted by Crippen LogP contribution is -2.06. The first kappa shape index (κ1) is 13.1. The van der Waals surface area contributed by atoms with E-state index in [4.69, 9.17) is 5.11 Å². The molecule has 0 radical (unpaired) electrons. The van der Waals surface area contributed by atoms with Gasteiger partial charge in [-0.2, -0.15) is 0 Å². The second-order valence-electron chi connectivity index (χ2n) is 4.33. The van der Waals surface area contributed by atoms with Gasteiger partial charge in [0, 0.05) is 16.9 Å². The van der Waals surface area contributed by atoms with Crippen molar-refractivity contribution in [1.82, 2.24) is 0 Å². The molecule has 98 valence electrons. The number of halogens is 1. The fourth-order valence-electron chi connectivity index (χ4n) is 1.80. The molecule has 0 heterocycles. The van der Waals surface area contributed by atoms with E-state index in [2.05, 4.69) is 5.32 Å². The molecule has 0 aliphatic heterocycles. The molecular formula is C15H14FNO2. The molecule has 2 rings (SSSR count). The van der Waals surface area contributed by atoms with Crippen LogP contribution in [0.2, 0.25) is 0 Å². The maximum absolute atomic E-state index is 13.7. The van der Waals surface area contributed by atoms with Crippen molar-refractivity contribution in [2.45, 2.75) is 13.3 Å². The van der Waals surface area contributed by atoms with E-state index in [1.54, 1.807) is 12.1 Å². The Morgan fingerprint density at radius 1 is 1.21 bits per heavy atom. The van der Waals surface area contributed by atoms with Gasteiger partial charge in [-0.25, -0.2) is 4.39 Å². The standard InChI is InChI=1S/C15H14FNO2/c1-10-5-7-11(8-6-10)17-14-4-2-3-13(16)12(14)9-15(18)19/h2-8,17H,9H2,1H3,(H,18,19). The molecule has 0 aliphatic rings. The molecule has 0 saturated heterocycles. The lowest BCUT2D eigenvalue weighted by molar-refractivity contribution is -0.136. The molecule has 4 heteroatoms. The minimum atomic E-state index is -1.06. The molecule has 3 nitrogen and oxygen atoms in total. The first-order chi connectivity index (χ1) is 9.06. The summed E-state index contributed by atoms with van der Waals surface area (Å²) in [6.45, 7) is 1.97. The van der Waals surface area contributed by atoms with E-state index < -0.39 is 11.8 Å². The van der Waals surface area contributed by atoms with E-state index in [9.17, 15) is 9.18 Å². The molecule has 0 bridgehead atoms. The molecule has 2 aromatic rings. The molecular weight excluding hydrogens is 245 g/mol. The monoisotopic (exact) mass is 259 g/mol. The highest BCUT2D eigenvalue weighted by Gasteiger charge is 2.12. The Kier molecular flexibility index (Phi) is 3.80. The summed E-state index contributed by atoms with van der Waals surface area (Å²) < 4.78 is 13.7. The Hall–Kier alpha value is -2.36. The van der Waals surface area contributed by atoms with Crippen molar-refractivity contribution < 1.29 is 14.3 Å². The third kappa shape index (κ3) is 3.31. The highest BCUT2D eigenvalue weighted by molar-refractivity contribution is 5.75. The van der Waals surface area contributed by atoms with Crippen LogP contribution in [0.15, 0.2) is 42.5 Å². The zero-order chi connectivity index (χ0) is 13.8. The summed E-state index contributed by atoms with van der Waals surface area (Å²) in [5.74, 6) is -1.57. The van der Waals surface area contributed by atoms with E-state index in [1.165, 1.54) is 6.07 Å².